The highest BCUT2D eigenvalue weighted by Gasteiger charge is 2.50. The van der Waals surface area contributed by atoms with E-state index < -0.39 is 0 Å². The smallest absolute Gasteiger partial charge is 0.0873 e. The van der Waals surface area contributed by atoms with Gasteiger partial charge >= 0.3 is 0 Å². The molecule has 2 N–H and O–H groups in total. The number of aliphatic imine (C=N–C) groups is 1. The number of aromatic amines is 1. The van der Waals surface area contributed by atoms with Gasteiger partial charge in [-0.3, -0.25) is 0 Å². The lowest BCUT2D eigenvalue weighted by molar-refractivity contribution is -0.0130. The minimum Gasteiger partial charge on any atom is -0.384 e. The van der Waals surface area contributed by atoms with Gasteiger partial charge in [0.15, 0.2) is 0 Å². The fraction of sp³-hybridized carbons (Fsp3) is 0.550. The van der Waals surface area contributed by atoms with Gasteiger partial charge < -0.3 is 10.3 Å². The predicted octanol–water partition coefficient (Wildman–Crippen LogP) is 4.50. The van der Waals surface area contributed by atoms with Crippen LogP contribution < -0.4 is 5.32 Å². The first kappa shape index (κ1) is 16.0. The summed E-state index contributed by atoms with van der Waals surface area (Å²) in [5, 5.41) is 3.82. The van der Waals surface area contributed by atoms with Crippen LogP contribution in [0.1, 0.15) is 49.8 Å². The molecule has 1 aromatic rings. The zero-order valence-electron chi connectivity index (χ0n) is 14.2. The van der Waals surface area contributed by atoms with Crippen molar-refractivity contribution in [2.75, 3.05) is 0 Å². The van der Waals surface area contributed by atoms with Crippen LogP contribution in [0.15, 0.2) is 41.3 Å². The number of aromatic nitrogens is 1. The molecule has 1 aromatic heterocycles. The van der Waals surface area contributed by atoms with Crippen LogP contribution in [0.4, 0.5) is 0 Å². The third-order valence-electron chi connectivity index (χ3n) is 6.33. The highest BCUT2D eigenvalue weighted by atomic mass is 35.5. The second kappa shape index (κ2) is 5.80. The van der Waals surface area contributed by atoms with E-state index in [4.69, 9.17) is 4.99 Å². The number of hydrogen-bond donors (Lipinski definition) is 2. The maximum atomic E-state index is 4.76. The molecule has 0 saturated heterocycles. The summed E-state index contributed by atoms with van der Waals surface area (Å²) in [5.74, 6) is 2.94. The van der Waals surface area contributed by atoms with Crippen LogP contribution in [-0.2, 0) is 0 Å². The van der Waals surface area contributed by atoms with Gasteiger partial charge in [0.2, 0.25) is 0 Å². The zero-order chi connectivity index (χ0) is 15.4. The molecule has 4 saturated carbocycles. The molecular weight excluding hydrogens is 318 g/mol. The number of nitrogens with one attached hydrogen (secondary N) is 2. The van der Waals surface area contributed by atoms with Gasteiger partial charge in [0, 0.05) is 17.9 Å². The number of allylic oxidation sites excluding steroid dienone is 2. The van der Waals surface area contributed by atoms with Crippen molar-refractivity contribution in [3.8, 4) is 0 Å². The van der Waals surface area contributed by atoms with Crippen LogP contribution in [0.5, 0.6) is 0 Å². The summed E-state index contributed by atoms with van der Waals surface area (Å²) in [7, 11) is 0. The minimum absolute atomic E-state index is 0. The van der Waals surface area contributed by atoms with Crippen LogP contribution in [-0.4, -0.2) is 16.2 Å². The lowest BCUT2D eigenvalue weighted by Gasteiger charge is -2.56. The molecule has 3 nitrogen and oxygen atoms in total. The first-order valence-corrected chi connectivity index (χ1v) is 9.07. The average Bonchev–Trinajstić information content (AvgIpc) is 3.12. The van der Waals surface area contributed by atoms with Gasteiger partial charge in [0.05, 0.1) is 17.1 Å². The van der Waals surface area contributed by atoms with Crippen molar-refractivity contribution in [1.82, 2.24) is 10.3 Å². The van der Waals surface area contributed by atoms with Gasteiger partial charge in [-0.15, -0.1) is 12.4 Å². The van der Waals surface area contributed by atoms with E-state index in [0.29, 0.717) is 5.54 Å². The SMILES string of the molecule is Cc1c[nH]c(C2=N/C(=C/NC34CC5CC(CC(C5)C3)C4)C=C2)c1.Cl. The van der Waals surface area contributed by atoms with E-state index in [9.17, 15) is 0 Å². The van der Waals surface area contributed by atoms with Crippen LogP contribution in [0.25, 0.3) is 0 Å². The molecule has 24 heavy (non-hydrogen) atoms. The predicted molar refractivity (Wildman–Crippen MR) is 101 cm³/mol. The highest BCUT2D eigenvalue weighted by Crippen LogP contribution is 2.55. The third-order valence-corrected chi connectivity index (χ3v) is 6.33. The summed E-state index contributed by atoms with van der Waals surface area (Å²) < 4.78 is 0. The highest BCUT2D eigenvalue weighted by molar-refractivity contribution is 6.10. The molecule has 0 spiro atoms. The van der Waals surface area contributed by atoms with Gasteiger partial charge in [-0.25, -0.2) is 4.99 Å². The second-order valence-corrected chi connectivity index (χ2v) is 8.33. The van der Waals surface area contributed by atoms with Crippen LogP contribution >= 0.6 is 12.4 Å². The van der Waals surface area contributed by atoms with Crippen LogP contribution in [0, 0.1) is 24.7 Å². The maximum absolute atomic E-state index is 4.76. The van der Waals surface area contributed by atoms with Crippen molar-refractivity contribution in [3.05, 3.63) is 47.6 Å². The zero-order valence-corrected chi connectivity index (χ0v) is 15.0. The van der Waals surface area contributed by atoms with Gasteiger partial charge in [0.1, 0.15) is 0 Å². The second-order valence-electron chi connectivity index (χ2n) is 8.33. The van der Waals surface area contributed by atoms with E-state index in [0.717, 1.165) is 34.9 Å². The van der Waals surface area contributed by atoms with Crippen molar-refractivity contribution >= 4 is 18.1 Å². The normalized spacial score (nSPS) is 37.6. The van der Waals surface area contributed by atoms with E-state index in [1.807, 2.05) is 6.20 Å². The molecule has 0 radical (unpaired) electrons. The lowest BCUT2D eigenvalue weighted by Crippen LogP contribution is -2.56. The lowest BCUT2D eigenvalue weighted by atomic mass is 9.53. The molecule has 128 valence electrons. The molecule has 4 heteroatoms. The number of aryl methyl sites for hydroxylation is 1. The molecule has 4 fully saturated rings. The number of nitrogens with zero attached hydrogens (tertiary/aromatic N) is 1. The molecule has 0 amide bonds. The number of rotatable bonds is 3. The Morgan fingerprint density at radius 2 is 1.79 bits per heavy atom. The van der Waals surface area contributed by atoms with Crippen molar-refractivity contribution in [1.29, 1.82) is 0 Å². The summed E-state index contributed by atoms with van der Waals surface area (Å²) in [6.07, 6.45) is 17.0. The molecule has 0 atom stereocenters. The number of H-pyrrole nitrogens is 1. The summed E-state index contributed by atoms with van der Waals surface area (Å²) in [6, 6.07) is 2.15. The summed E-state index contributed by atoms with van der Waals surface area (Å²) in [6.45, 7) is 2.10. The van der Waals surface area contributed by atoms with E-state index in [2.05, 4.69) is 41.6 Å². The van der Waals surface area contributed by atoms with Crippen LogP contribution in [0.2, 0.25) is 0 Å². The van der Waals surface area contributed by atoms with Gasteiger partial charge in [0.25, 0.3) is 0 Å². The summed E-state index contributed by atoms with van der Waals surface area (Å²) >= 11 is 0. The van der Waals surface area contributed by atoms with E-state index in [1.54, 1.807) is 0 Å². The molecular formula is C20H26ClN3. The quantitative estimate of drug-likeness (QED) is 0.833. The Hall–Kier alpha value is -1.48. The minimum atomic E-state index is 0. The maximum Gasteiger partial charge on any atom is 0.0873 e. The molecule has 4 aliphatic carbocycles. The fourth-order valence-electron chi connectivity index (χ4n) is 5.77. The van der Waals surface area contributed by atoms with Crippen molar-refractivity contribution < 1.29 is 0 Å². The van der Waals surface area contributed by atoms with E-state index in [1.165, 1.54) is 44.1 Å². The summed E-state index contributed by atoms with van der Waals surface area (Å²) in [4.78, 5) is 8.05. The molecule has 6 rings (SSSR count). The number of halogens is 1. The summed E-state index contributed by atoms with van der Waals surface area (Å²) in [5.41, 5.74) is 4.83. The molecule has 0 unspecified atom stereocenters. The molecule has 5 aliphatic rings. The Morgan fingerprint density at radius 3 is 2.38 bits per heavy atom. The van der Waals surface area contributed by atoms with Crippen LogP contribution in [0.3, 0.4) is 0 Å². The van der Waals surface area contributed by atoms with E-state index >= 15 is 0 Å². The first-order chi connectivity index (χ1) is 11.2. The molecule has 4 bridgehead atoms. The largest absolute Gasteiger partial charge is 0.384 e. The third kappa shape index (κ3) is 2.73. The Balaban J connectivity index is 0.00000146. The molecule has 2 heterocycles. The first-order valence-electron chi connectivity index (χ1n) is 9.07. The van der Waals surface area contributed by atoms with Crippen molar-refractivity contribution in [2.24, 2.45) is 22.7 Å². The Bertz CT molecular complexity index is 690. The molecule has 1 aliphatic heterocycles. The Morgan fingerprint density at radius 1 is 1.12 bits per heavy atom. The number of hydrogen-bond acceptors (Lipinski definition) is 2. The van der Waals surface area contributed by atoms with E-state index in [-0.39, 0.29) is 12.4 Å². The average molecular weight is 344 g/mol. The standard InChI is InChI=1S/C20H25N3.ClH/c1-13-4-19(21-11-13)18-3-2-17(23-18)12-22-20-8-14-5-15(9-20)7-16(6-14)10-20;/h2-4,11-12,14-16,21-22H,5-10H2,1H3;1H/b17-12+;. The van der Waals surface area contributed by atoms with Crippen molar-refractivity contribution in [2.45, 2.75) is 51.0 Å². The monoisotopic (exact) mass is 343 g/mol. The Kier molecular flexibility index (Phi) is 3.87. The van der Waals surface area contributed by atoms with Gasteiger partial charge in [-0.1, -0.05) is 0 Å². The topological polar surface area (TPSA) is 40.2 Å². The fourth-order valence-corrected chi connectivity index (χ4v) is 5.77. The Labute approximate surface area is 150 Å². The van der Waals surface area contributed by atoms with Crippen molar-refractivity contribution in [3.63, 3.8) is 0 Å². The van der Waals surface area contributed by atoms with Gasteiger partial charge in [-0.2, -0.15) is 0 Å². The molecule has 0 aromatic carbocycles. The van der Waals surface area contributed by atoms with Gasteiger partial charge in [-0.05, 0) is 87.0 Å².